The molecule has 1 saturated heterocycles. The third-order valence-electron chi connectivity index (χ3n) is 5.63. The molecule has 160 valence electrons. The number of nitrogens with one attached hydrogen (secondary N) is 1. The van der Waals surface area contributed by atoms with E-state index in [1.807, 2.05) is 59.4 Å². The summed E-state index contributed by atoms with van der Waals surface area (Å²) < 4.78 is 18.4. The zero-order chi connectivity index (χ0) is 21.0. The number of aryl methyl sites for hydroxylation is 1. The molecule has 5 rings (SSSR count). The second kappa shape index (κ2) is 8.81. The van der Waals surface area contributed by atoms with Gasteiger partial charge in [0.2, 0.25) is 12.7 Å². The van der Waals surface area contributed by atoms with Gasteiger partial charge in [0.25, 0.3) is 0 Å². The van der Waals surface area contributed by atoms with Crippen molar-refractivity contribution in [2.45, 2.75) is 31.8 Å². The first-order chi connectivity index (χ1) is 15.3. The van der Waals surface area contributed by atoms with Crippen LogP contribution in [0.5, 0.6) is 11.5 Å². The number of hydrogen-bond donors (Lipinski definition) is 1. The number of aromatic nitrogens is 2. The molecule has 3 heterocycles. The number of nitrogens with zero attached hydrogens (tertiary/aromatic N) is 2. The van der Waals surface area contributed by atoms with Crippen LogP contribution in [0.3, 0.4) is 0 Å². The van der Waals surface area contributed by atoms with Crippen LogP contribution < -0.4 is 14.8 Å². The Morgan fingerprint density at radius 1 is 1.13 bits per heavy atom. The van der Waals surface area contributed by atoms with E-state index in [4.69, 9.17) is 19.3 Å². The summed E-state index contributed by atoms with van der Waals surface area (Å²) in [7, 11) is 0. The lowest BCUT2D eigenvalue weighted by Crippen LogP contribution is -2.31. The number of rotatable bonds is 7. The minimum atomic E-state index is 0.0274. The maximum atomic E-state index is 12.4. The van der Waals surface area contributed by atoms with Gasteiger partial charge < -0.3 is 19.5 Å². The number of benzene rings is 2. The van der Waals surface area contributed by atoms with Crippen molar-refractivity contribution in [1.82, 2.24) is 15.1 Å². The van der Waals surface area contributed by atoms with E-state index in [0.29, 0.717) is 25.1 Å². The van der Waals surface area contributed by atoms with E-state index in [0.717, 1.165) is 47.7 Å². The standard InChI is InChI=1S/C24H25N3O4/c28-23(25-14-20-7-4-12-29-20)11-9-18-15-27(19-5-2-1-3-6-19)26-24(18)17-8-10-21-22(13-17)31-16-30-21/h1-3,5-6,8,10,13,15,20H,4,7,9,11-12,14,16H2,(H,25,28). The molecule has 1 atom stereocenters. The Morgan fingerprint density at radius 3 is 2.84 bits per heavy atom. The van der Waals surface area contributed by atoms with Crippen LogP contribution >= 0.6 is 0 Å². The quantitative estimate of drug-likeness (QED) is 0.635. The van der Waals surface area contributed by atoms with E-state index in [-0.39, 0.29) is 18.8 Å². The number of hydrogen-bond acceptors (Lipinski definition) is 5. The average Bonchev–Trinajstić information content (AvgIpc) is 3.57. The molecule has 7 heteroatoms. The Kier molecular flexibility index (Phi) is 5.58. The summed E-state index contributed by atoms with van der Waals surface area (Å²) in [6.07, 6.45) is 5.21. The molecule has 2 aliphatic heterocycles. The number of amides is 1. The number of fused-ring (bicyclic) bond motifs is 1. The Labute approximate surface area is 180 Å². The highest BCUT2D eigenvalue weighted by Crippen LogP contribution is 2.36. The number of carbonyl (C=O) groups excluding carboxylic acids is 1. The fraction of sp³-hybridized carbons (Fsp3) is 0.333. The van der Waals surface area contributed by atoms with Gasteiger partial charge in [-0.05, 0) is 55.2 Å². The molecule has 0 aliphatic carbocycles. The molecule has 1 fully saturated rings. The van der Waals surface area contributed by atoms with Gasteiger partial charge in [0.15, 0.2) is 11.5 Å². The predicted octanol–water partition coefficient (Wildman–Crippen LogP) is 3.50. The average molecular weight is 419 g/mol. The van der Waals surface area contributed by atoms with E-state index in [1.54, 1.807) is 0 Å². The highest BCUT2D eigenvalue weighted by atomic mass is 16.7. The molecule has 31 heavy (non-hydrogen) atoms. The summed E-state index contributed by atoms with van der Waals surface area (Å²) >= 11 is 0. The van der Waals surface area contributed by atoms with Gasteiger partial charge in [-0.15, -0.1) is 0 Å². The van der Waals surface area contributed by atoms with Crippen LogP contribution in [0.4, 0.5) is 0 Å². The summed E-state index contributed by atoms with van der Waals surface area (Å²) in [4.78, 5) is 12.4. The van der Waals surface area contributed by atoms with Gasteiger partial charge in [0.05, 0.1) is 17.5 Å². The lowest BCUT2D eigenvalue weighted by Gasteiger charge is -2.10. The molecule has 1 unspecified atom stereocenters. The molecule has 3 aromatic rings. The van der Waals surface area contributed by atoms with Gasteiger partial charge in [0.1, 0.15) is 0 Å². The first-order valence-electron chi connectivity index (χ1n) is 10.7. The highest BCUT2D eigenvalue weighted by Gasteiger charge is 2.19. The van der Waals surface area contributed by atoms with Crippen LogP contribution in [0.2, 0.25) is 0 Å². The molecule has 0 bridgehead atoms. The van der Waals surface area contributed by atoms with Gasteiger partial charge >= 0.3 is 0 Å². The topological polar surface area (TPSA) is 74.6 Å². The fourth-order valence-electron chi connectivity index (χ4n) is 3.96. The Hall–Kier alpha value is -3.32. The second-order valence-corrected chi connectivity index (χ2v) is 7.79. The third-order valence-corrected chi connectivity index (χ3v) is 5.63. The van der Waals surface area contributed by atoms with Crippen LogP contribution in [-0.4, -0.2) is 41.7 Å². The molecule has 2 aliphatic rings. The molecule has 0 spiro atoms. The largest absolute Gasteiger partial charge is 0.454 e. The lowest BCUT2D eigenvalue weighted by molar-refractivity contribution is -0.121. The normalized spacial score (nSPS) is 17.1. The number of carbonyl (C=O) groups is 1. The minimum absolute atomic E-state index is 0.0274. The first kappa shape index (κ1) is 19.6. The van der Waals surface area contributed by atoms with Crippen molar-refractivity contribution in [2.75, 3.05) is 19.9 Å². The van der Waals surface area contributed by atoms with Gasteiger partial charge in [-0.3, -0.25) is 4.79 Å². The maximum absolute atomic E-state index is 12.4. The summed E-state index contributed by atoms with van der Waals surface area (Å²) in [6.45, 7) is 1.60. The van der Waals surface area contributed by atoms with Gasteiger partial charge in [0, 0.05) is 31.3 Å². The van der Waals surface area contributed by atoms with E-state index < -0.39 is 0 Å². The molecule has 2 aromatic carbocycles. The van der Waals surface area contributed by atoms with E-state index >= 15 is 0 Å². The molecular formula is C24H25N3O4. The van der Waals surface area contributed by atoms with Crippen LogP contribution in [0.25, 0.3) is 16.9 Å². The number of ether oxygens (including phenoxy) is 3. The monoisotopic (exact) mass is 419 g/mol. The van der Waals surface area contributed by atoms with Crippen molar-refractivity contribution >= 4 is 5.91 Å². The molecule has 1 amide bonds. The van der Waals surface area contributed by atoms with Crippen molar-refractivity contribution in [3.8, 4) is 28.4 Å². The van der Waals surface area contributed by atoms with Crippen molar-refractivity contribution in [2.24, 2.45) is 0 Å². The molecule has 1 N–H and O–H groups in total. The Morgan fingerprint density at radius 2 is 2.00 bits per heavy atom. The van der Waals surface area contributed by atoms with E-state index in [1.165, 1.54) is 0 Å². The Bertz CT molecular complexity index is 1060. The van der Waals surface area contributed by atoms with Crippen molar-refractivity contribution in [3.05, 3.63) is 60.3 Å². The molecule has 7 nitrogen and oxygen atoms in total. The zero-order valence-corrected chi connectivity index (χ0v) is 17.3. The number of para-hydroxylation sites is 1. The van der Waals surface area contributed by atoms with E-state index in [2.05, 4.69) is 5.32 Å². The minimum Gasteiger partial charge on any atom is -0.454 e. The highest BCUT2D eigenvalue weighted by molar-refractivity contribution is 5.77. The Balaban J connectivity index is 1.36. The van der Waals surface area contributed by atoms with Gasteiger partial charge in [-0.2, -0.15) is 5.10 Å². The maximum Gasteiger partial charge on any atom is 0.231 e. The van der Waals surface area contributed by atoms with Gasteiger partial charge in [-0.25, -0.2) is 4.68 Å². The predicted molar refractivity (Wildman–Crippen MR) is 115 cm³/mol. The zero-order valence-electron chi connectivity index (χ0n) is 17.3. The van der Waals surface area contributed by atoms with E-state index in [9.17, 15) is 4.79 Å². The summed E-state index contributed by atoms with van der Waals surface area (Å²) in [5.74, 6) is 1.48. The third kappa shape index (κ3) is 4.41. The molecule has 0 saturated carbocycles. The van der Waals surface area contributed by atoms with Crippen LogP contribution in [-0.2, 0) is 16.0 Å². The molecule has 0 radical (unpaired) electrons. The summed E-state index contributed by atoms with van der Waals surface area (Å²) in [5, 5.41) is 7.83. The van der Waals surface area contributed by atoms with Crippen molar-refractivity contribution in [1.29, 1.82) is 0 Å². The first-order valence-corrected chi connectivity index (χ1v) is 10.7. The SMILES string of the molecule is O=C(CCc1cn(-c2ccccc2)nc1-c1ccc2c(c1)OCO2)NCC1CCCO1. The summed E-state index contributed by atoms with van der Waals surface area (Å²) in [6, 6.07) is 15.8. The lowest BCUT2D eigenvalue weighted by atomic mass is 10.0. The van der Waals surface area contributed by atoms with Crippen LogP contribution in [0.1, 0.15) is 24.8 Å². The van der Waals surface area contributed by atoms with Crippen LogP contribution in [0.15, 0.2) is 54.7 Å². The second-order valence-electron chi connectivity index (χ2n) is 7.79. The van der Waals surface area contributed by atoms with Gasteiger partial charge in [-0.1, -0.05) is 18.2 Å². The van der Waals surface area contributed by atoms with Crippen molar-refractivity contribution in [3.63, 3.8) is 0 Å². The smallest absolute Gasteiger partial charge is 0.231 e. The molecule has 1 aromatic heterocycles. The summed E-state index contributed by atoms with van der Waals surface area (Å²) in [5.41, 5.74) is 3.76. The van der Waals surface area contributed by atoms with Crippen molar-refractivity contribution < 1.29 is 19.0 Å². The fourth-order valence-corrected chi connectivity index (χ4v) is 3.96. The molecular weight excluding hydrogens is 394 g/mol. The van der Waals surface area contributed by atoms with Crippen LogP contribution in [0, 0.1) is 0 Å².